The number of nitrogens with zero attached hydrogens (tertiary/aromatic N) is 2. The van der Waals surface area contributed by atoms with Crippen molar-refractivity contribution in [3.8, 4) is 11.5 Å². The molecular weight excluding hydrogens is 347 g/mol. The van der Waals surface area contributed by atoms with Gasteiger partial charge in [-0.3, -0.25) is 9.69 Å². The number of likely N-dealkylation sites (N-methyl/N-ethyl adjacent to an activating group) is 1. The number of amides is 1. The lowest BCUT2D eigenvalue weighted by Gasteiger charge is -2.39. The van der Waals surface area contributed by atoms with E-state index in [0.717, 1.165) is 17.7 Å². The SMILES string of the molecule is COc1ccc(CC(=O)N2CCN(C)C(c3ccc(F)cc3)C2)cc1OC. The Morgan fingerprint density at radius 3 is 2.44 bits per heavy atom. The third kappa shape index (κ3) is 4.39. The highest BCUT2D eigenvalue weighted by atomic mass is 19.1. The van der Waals surface area contributed by atoms with Crippen LogP contribution in [0, 0.1) is 5.82 Å². The summed E-state index contributed by atoms with van der Waals surface area (Å²) in [7, 11) is 5.20. The van der Waals surface area contributed by atoms with Gasteiger partial charge in [-0.15, -0.1) is 0 Å². The summed E-state index contributed by atoms with van der Waals surface area (Å²) in [6, 6.07) is 12.1. The lowest BCUT2D eigenvalue weighted by molar-refractivity contribution is -0.133. The van der Waals surface area contributed by atoms with Gasteiger partial charge < -0.3 is 14.4 Å². The van der Waals surface area contributed by atoms with Crippen molar-refractivity contribution in [3.63, 3.8) is 0 Å². The number of carbonyl (C=O) groups excluding carboxylic acids is 1. The fourth-order valence-electron chi connectivity index (χ4n) is 3.42. The molecule has 1 atom stereocenters. The second-order valence-electron chi connectivity index (χ2n) is 6.75. The molecule has 0 spiro atoms. The van der Waals surface area contributed by atoms with E-state index in [1.54, 1.807) is 26.4 Å². The maximum Gasteiger partial charge on any atom is 0.227 e. The molecular formula is C21H25FN2O3. The van der Waals surface area contributed by atoms with Crippen molar-refractivity contribution in [2.75, 3.05) is 40.9 Å². The minimum atomic E-state index is -0.251. The molecule has 0 bridgehead atoms. The number of carbonyl (C=O) groups is 1. The number of piperazine rings is 1. The van der Waals surface area contributed by atoms with Crippen molar-refractivity contribution >= 4 is 5.91 Å². The molecule has 2 aromatic rings. The van der Waals surface area contributed by atoms with E-state index in [0.29, 0.717) is 31.0 Å². The summed E-state index contributed by atoms with van der Waals surface area (Å²) in [5.74, 6) is 1.08. The van der Waals surface area contributed by atoms with E-state index in [-0.39, 0.29) is 17.8 Å². The van der Waals surface area contributed by atoms with Crippen LogP contribution < -0.4 is 9.47 Å². The molecule has 0 aliphatic carbocycles. The zero-order valence-corrected chi connectivity index (χ0v) is 15.9. The number of hydrogen-bond acceptors (Lipinski definition) is 4. The van der Waals surface area contributed by atoms with Crippen molar-refractivity contribution < 1.29 is 18.7 Å². The first-order valence-electron chi connectivity index (χ1n) is 8.96. The molecule has 1 aliphatic heterocycles. The topological polar surface area (TPSA) is 42.0 Å². The Labute approximate surface area is 159 Å². The standard InChI is InChI=1S/C21H25FN2O3/c1-23-10-11-24(14-18(23)16-5-7-17(22)8-6-16)21(25)13-15-4-9-19(26-2)20(12-15)27-3/h4-9,12,18H,10-11,13-14H2,1-3H3. The van der Waals surface area contributed by atoms with Gasteiger partial charge in [-0.2, -0.15) is 0 Å². The molecule has 2 aromatic carbocycles. The van der Waals surface area contributed by atoms with Gasteiger partial charge in [0.2, 0.25) is 5.91 Å². The molecule has 1 unspecified atom stereocenters. The van der Waals surface area contributed by atoms with Crippen molar-refractivity contribution in [2.45, 2.75) is 12.5 Å². The zero-order chi connectivity index (χ0) is 19.4. The molecule has 0 N–H and O–H groups in total. The monoisotopic (exact) mass is 372 g/mol. The highest BCUT2D eigenvalue weighted by Crippen LogP contribution is 2.29. The van der Waals surface area contributed by atoms with Crippen LogP contribution in [0.4, 0.5) is 4.39 Å². The van der Waals surface area contributed by atoms with Gasteiger partial charge >= 0.3 is 0 Å². The van der Waals surface area contributed by atoms with E-state index in [2.05, 4.69) is 4.90 Å². The average Bonchev–Trinajstić information content (AvgIpc) is 2.69. The molecule has 1 heterocycles. The summed E-state index contributed by atoms with van der Waals surface area (Å²) in [5, 5.41) is 0. The van der Waals surface area contributed by atoms with Gasteiger partial charge in [-0.1, -0.05) is 18.2 Å². The van der Waals surface area contributed by atoms with Crippen LogP contribution in [0.5, 0.6) is 11.5 Å². The molecule has 0 aromatic heterocycles. The van der Waals surface area contributed by atoms with Gasteiger partial charge in [0.05, 0.1) is 26.7 Å². The second kappa shape index (κ2) is 8.39. The van der Waals surface area contributed by atoms with E-state index in [1.165, 1.54) is 12.1 Å². The Hall–Kier alpha value is -2.60. The molecule has 1 saturated heterocycles. The maximum atomic E-state index is 13.2. The number of rotatable bonds is 5. The first-order valence-corrected chi connectivity index (χ1v) is 8.96. The van der Waals surface area contributed by atoms with Gasteiger partial charge in [-0.05, 0) is 42.4 Å². The molecule has 3 rings (SSSR count). The average molecular weight is 372 g/mol. The minimum Gasteiger partial charge on any atom is -0.493 e. The lowest BCUT2D eigenvalue weighted by Crippen LogP contribution is -2.49. The third-order valence-electron chi connectivity index (χ3n) is 5.06. The largest absolute Gasteiger partial charge is 0.493 e. The fourth-order valence-corrected chi connectivity index (χ4v) is 3.42. The smallest absolute Gasteiger partial charge is 0.227 e. The molecule has 6 heteroatoms. The van der Waals surface area contributed by atoms with Gasteiger partial charge in [0.1, 0.15) is 5.82 Å². The van der Waals surface area contributed by atoms with Gasteiger partial charge in [0.25, 0.3) is 0 Å². The second-order valence-corrected chi connectivity index (χ2v) is 6.75. The van der Waals surface area contributed by atoms with Crippen LogP contribution in [0.3, 0.4) is 0 Å². The molecule has 27 heavy (non-hydrogen) atoms. The van der Waals surface area contributed by atoms with Crippen LogP contribution in [0.25, 0.3) is 0 Å². The van der Waals surface area contributed by atoms with Crippen LogP contribution in [-0.4, -0.2) is 56.6 Å². The van der Waals surface area contributed by atoms with E-state index < -0.39 is 0 Å². The predicted molar refractivity (Wildman–Crippen MR) is 102 cm³/mol. The number of ether oxygens (including phenoxy) is 2. The molecule has 0 radical (unpaired) electrons. The summed E-state index contributed by atoms with van der Waals surface area (Å²) in [6.45, 7) is 2.05. The summed E-state index contributed by atoms with van der Waals surface area (Å²) in [6.07, 6.45) is 0.306. The van der Waals surface area contributed by atoms with Crippen molar-refractivity contribution in [1.29, 1.82) is 0 Å². The van der Waals surface area contributed by atoms with Gasteiger partial charge in [0, 0.05) is 19.6 Å². The molecule has 144 valence electrons. The summed E-state index contributed by atoms with van der Waals surface area (Å²) >= 11 is 0. The van der Waals surface area contributed by atoms with E-state index >= 15 is 0 Å². The Bertz CT molecular complexity index is 795. The molecule has 1 fully saturated rings. The normalized spacial score (nSPS) is 17.6. The van der Waals surface area contributed by atoms with Crippen LogP contribution in [0.15, 0.2) is 42.5 Å². The summed E-state index contributed by atoms with van der Waals surface area (Å²) in [4.78, 5) is 16.9. The number of methoxy groups -OCH3 is 2. The van der Waals surface area contributed by atoms with E-state index in [1.807, 2.05) is 30.1 Å². The van der Waals surface area contributed by atoms with Crippen LogP contribution in [0.2, 0.25) is 0 Å². The van der Waals surface area contributed by atoms with Gasteiger partial charge in [0.15, 0.2) is 11.5 Å². The van der Waals surface area contributed by atoms with E-state index in [4.69, 9.17) is 9.47 Å². The molecule has 1 aliphatic rings. The molecule has 1 amide bonds. The quantitative estimate of drug-likeness (QED) is 0.809. The fraction of sp³-hybridized carbons (Fsp3) is 0.381. The zero-order valence-electron chi connectivity index (χ0n) is 15.9. The van der Waals surface area contributed by atoms with Crippen molar-refractivity contribution in [3.05, 3.63) is 59.4 Å². The Balaban J connectivity index is 1.70. The molecule has 5 nitrogen and oxygen atoms in total. The number of benzene rings is 2. The van der Waals surface area contributed by atoms with Crippen LogP contribution in [-0.2, 0) is 11.2 Å². The first kappa shape index (κ1) is 19.2. The summed E-state index contributed by atoms with van der Waals surface area (Å²) in [5.41, 5.74) is 1.90. The third-order valence-corrected chi connectivity index (χ3v) is 5.06. The first-order chi connectivity index (χ1) is 13.0. The van der Waals surface area contributed by atoms with Crippen LogP contribution in [0.1, 0.15) is 17.2 Å². The highest BCUT2D eigenvalue weighted by Gasteiger charge is 2.28. The van der Waals surface area contributed by atoms with Gasteiger partial charge in [-0.25, -0.2) is 4.39 Å². The Morgan fingerprint density at radius 2 is 1.78 bits per heavy atom. The van der Waals surface area contributed by atoms with Crippen molar-refractivity contribution in [1.82, 2.24) is 9.80 Å². The maximum absolute atomic E-state index is 13.2. The molecule has 0 saturated carbocycles. The Morgan fingerprint density at radius 1 is 1.07 bits per heavy atom. The Kier molecular flexibility index (Phi) is 5.96. The highest BCUT2D eigenvalue weighted by molar-refractivity contribution is 5.79. The van der Waals surface area contributed by atoms with Crippen molar-refractivity contribution in [2.24, 2.45) is 0 Å². The predicted octanol–water partition coefficient (Wildman–Crippen LogP) is 2.90. The van der Waals surface area contributed by atoms with E-state index in [9.17, 15) is 9.18 Å². The summed E-state index contributed by atoms with van der Waals surface area (Å²) < 4.78 is 23.8. The lowest BCUT2D eigenvalue weighted by atomic mass is 10.0. The number of halogens is 1. The number of hydrogen-bond donors (Lipinski definition) is 0. The minimum absolute atomic E-state index is 0.0636. The van der Waals surface area contributed by atoms with Crippen LogP contribution >= 0.6 is 0 Å².